The number of hydrogen-bond donors (Lipinski definition) is 2. The first-order chi connectivity index (χ1) is 16.3. The largest absolute Gasteiger partial charge is 0.494 e. The van der Waals surface area contributed by atoms with E-state index in [9.17, 15) is 14.9 Å². The molecule has 0 saturated carbocycles. The molecule has 9 heteroatoms. The molecule has 0 unspecified atom stereocenters. The molecular weight excluding hydrogens is 452 g/mol. The Morgan fingerprint density at radius 2 is 1.94 bits per heavy atom. The van der Waals surface area contributed by atoms with Gasteiger partial charge in [-0.15, -0.1) is 0 Å². The van der Waals surface area contributed by atoms with E-state index in [1.165, 1.54) is 36.6 Å². The molecule has 1 aliphatic rings. The molecule has 2 N–H and O–H groups in total. The number of aryl methyl sites for hydroxylation is 2. The van der Waals surface area contributed by atoms with Crippen molar-refractivity contribution >= 4 is 35.1 Å². The zero-order valence-electron chi connectivity index (χ0n) is 19.4. The number of benzene rings is 2. The van der Waals surface area contributed by atoms with Crippen LogP contribution in [0.5, 0.6) is 5.75 Å². The van der Waals surface area contributed by atoms with Crippen molar-refractivity contribution in [3.63, 3.8) is 0 Å². The maximum absolute atomic E-state index is 12.6. The maximum atomic E-state index is 12.6. The highest BCUT2D eigenvalue weighted by Gasteiger charge is 2.28. The summed E-state index contributed by atoms with van der Waals surface area (Å²) in [7, 11) is 1.49. The molecule has 3 aromatic rings. The average molecular weight is 479 g/mol. The van der Waals surface area contributed by atoms with Gasteiger partial charge in [-0.25, -0.2) is 0 Å². The number of amides is 1. The van der Waals surface area contributed by atoms with Crippen molar-refractivity contribution in [3.8, 4) is 11.4 Å². The van der Waals surface area contributed by atoms with Crippen LogP contribution in [-0.4, -0.2) is 28.0 Å². The number of hydrogen-bond acceptors (Lipinski definition) is 6. The van der Waals surface area contributed by atoms with Crippen LogP contribution in [0.3, 0.4) is 0 Å². The predicted octanol–water partition coefficient (Wildman–Crippen LogP) is 5.17. The number of carbonyl (C=O) groups is 1. The highest BCUT2D eigenvalue weighted by atomic mass is 32.2. The number of rotatable bonds is 7. The molecule has 2 heterocycles. The number of aromatic nitrogens is 1. The minimum atomic E-state index is -0.448. The van der Waals surface area contributed by atoms with Crippen molar-refractivity contribution in [2.24, 2.45) is 0 Å². The van der Waals surface area contributed by atoms with Gasteiger partial charge in [-0.05, 0) is 61.7 Å². The Bertz CT molecular complexity index is 1280. The van der Waals surface area contributed by atoms with E-state index in [-0.39, 0.29) is 17.1 Å². The molecule has 0 radical (unpaired) electrons. The number of carbonyl (C=O) groups excluding carboxylic acids is 1. The molecule has 1 saturated heterocycles. The Morgan fingerprint density at radius 3 is 2.59 bits per heavy atom. The molecule has 8 nitrogen and oxygen atoms in total. The Balaban J connectivity index is 1.59. The van der Waals surface area contributed by atoms with Gasteiger partial charge in [-0.1, -0.05) is 30.8 Å². The summed E-state index contributed by atoms with van der Waals surface area (Å²) in [5.74, 6) is 0.270. The van der Waals surface area contributed by atoms with Gasteiger partial charge in [-0.3, -0.25) is 14.9 Å². The van der Waals surface area contributed by atoms with Crippen LogP contribution in [0, 0.1) is 24.0 Å². The van der Waals surface area contributed by atoms with Crippen molar-refractivity contribution in [2.75, 3.05) is 12.4 Å². The van der Waals surface area contributed by atoms with Crippen LogP contribution >= 0.6 is 11.8 Å². The lowest BCUT2D eigenvalue weighted by molar-refractivity contribution is -0.384. The third-order valence-electron chi connectivity index (χ3n) is 5.76. The first-order valence-corrected chi connectivity index (χ1v) is 11.7. The number of methoxy groups -OCH3 is 1. The van der Waals surface area contributed by atoms with Crippen molar-refractivity contribution < 1.29 is 14.5 Å². The summed E-state index contributed by atoms with van der Waals surface area (Å²) >= 11 is 1.43. The number of nitro groups is 1. The van der Waals surface area contributed by atoms with E-state index in [2.05, 4.69) is 29.7 Å². The number of nitrogens with one attached hydrogen (secondary N) is 2. The maximum Gasteiger partial charge on any atom is 0.273 e. The molecule has 2 aromatic carbocycles. The van der Waals surface area contributed by atoms with Crippen LogP contribution in [-0.2, 0) is 11.2 Å². The lowest BCUT2D eigenvalue weighted by atomic mass is 10.1. The minimum absolute atomic E-state index is 0.0349. The highest BCUT2D eigenvalue weighted by Crippen LogP contribution is 2.34. The smallest absolute Gasteiger partial charge is 0.273 e. The number of nitro benzene ring substituents is 1. The van der Waals surface area contributed by atoms with Crippen LogP contribution in [0.15, 0.2) is 53.4 Å². The van der Waals surface area contributed by atoms with Gasteiger partial charge < -0.3 is 19.9 Å². The summed E-state index contributed by atoms with van der Waals surface area (Å²) in [6.07, 6.45) is 2.85. The second kappa shape index (κ2) is 9.64. The van der Waals surface area contributed by atoms with E-state index in [0.29, 0.717) is 16.3 Å². The van der Waals surface area contributed by atoms with Crippen molar-refractivity contribution in [1.82, 2.24) is 9.88 Å². The van der Waals surface area contributed by atoms with Gasteiger partial charge in [0.2, 0.25) is 0 Å². The SMILES string of the molecule is CCc1ccc(N[C@H]2NC(=O)/C(=C/c3cc(C)n(-c4ccc([N+](=O)[O-])cc4OC)c3C)S2)cc1. The summed E-state index contributed by atoms with van der Waals surface area (Å²) in [6.45, 7) is 6.01. The number of non-ortho nitro benzene ring substituents is 1. The fourth-order valence-corrected chi connectivity index (χ4v) is 4.94. The van der Waals surface area contributed by atoms with Crippen LogP contribution < -0.4 is 15.4 Å². The molecule has 1 atom stereocenters. The first-order valence-electron chi connectivity index (χ1n) is 10.9. The Morgan fingerprint density at radius 1 is 1.21 bits per heavy atom. The molecule has 34 heavy (non-hydrogen) atoms. The second-order valence-electron chi connectivity index (χ2n) is 7.95. The monoisotopic (exact) mass is 478 g/mol. The second-order valence-corrected chi connectivity index (χ2v) is 9.10. The van der Waals surface area contributed by atoms with Crippen molar-refractivity contribution in [1.29, 1.82) is 0 Å². The third kappa shape index (κ3) is 4.65. The van der Waals surface area contributed by atoms with Crippen molar-refractivity contribution in [3.05, 3.63) is 86.1 Å². The van der Waals surface area contributed by atoms with Gasteiger partial charge in [0.1, 0.15) is 5.75 Å². The number of ether oxygens (including phenoxy) is 1. The van der Waals surface area contributed by atoms with Crippen LogP contribution in [0.25, 0.3) is 11.8 Å². The van der Waals surface area contributed by atoms with Crippen LogP contribution in [0.2, 0.25) is 0 Å². The van der Waals surface area contributed by atoms with E-state index in [1.807, 2.05) is 42.7 Å². The molecule has 1 aliphatic heterocycles. The summed E-state index contributed by atoms with van der Waals surface area (Å²) in [4.78, 5) is 23.9. The molecule has 4 rings (SSSR count). The van der Waals surface area contributed by atoms with E-state index >= 15 is 0 Å². The molecular formula is C25H26N4O4S. The summed E-state index contributed by atoms with van der Waals surface area (Å²) in [5, 5.41) is 17.4. The van der Waals surface area contributed by atoms with E-state index < -0.39 is 4.92 Å². The Kier molecular flexibility index (Phi) is 6.65. The van der Waals surface area contributed by atoms with E-state index in [4.69, 9.17) is 4.74 Å². The minimum Gasteiger partial charge on any atom is -0.494 e. The summed E-state index contributed by atoms with van der Waals surface area (Å²) in [5.41, 5.74) is 5.32. The third-order valence-corrected chi connectivity index (χ3v) is 6.79. The zero-order valence-corrected chi connectivity index (χ0v) is 20.2. The quantitative estimate of drug-likeness (QED) is 0.276. The lowest BCUT2D eigenvalue weighted by Gasteiger charge is -2.14. The molecule has 0 aliphatic carbocycles. The normalized spacial score (nSPS) is 16.5. The fourth-order valence-electron chi connectivity index (χ4n) is 3.96. The van der Waals surface area contributed by atoms with Gasteiger partial charge in [-0.2, -0.15) is 0 Å². The van der Waals surface area contributed by atoms with Gasteiger partial charge in [0.25, 0.3) is 11.6 Å². The fraction of sp³-hybridized carbons (Fsp3) is 0.240. The molecule has 0 bridgehead atoms. The highest BCUT2D eigenvalue weighted by molar-refractivity contribution is 8.05. The topological polar surface area (TPSA) is 98.4 Å². The Hall–Kier alpha value is -3.72. The molecule has 1 fully saturated rings. The number of thioether (sulfide) groups is 1. The lowest BCUT2D eigenvalue weighted by Crippen LogP contribution is -2.30. The predicted molar refractivity (Wildman–Crippen MR) is 135 cm³/mol. The first kappa shape index (κ1) is 23.4. The van der Waals surface area contributed by atoms with Gasteiger partial charge in [0.15, 0.2) is 5.50 Å². The zero-order chi connectivity index (χ0) is 24.4. The average Bonchev–Trinajstić information content (AvgIpc) is 3.31. The summed E-state index contributed by atoms with van der Waals surface area (Å²) in [6, 6.07) is 14.7. The van der Waals surface area contributed by atoms with Crippen molar-refractivity contribution in [2.45, 2.75) is 32.7 Å². The number of nitrogens with zero attached hydrogens (tertiary/aromatic N) is 2. The van der Waals surface area contributed by atoms with Gasteiger partial charge in [0, 0.05) is 23.1 Å². The van der Waals surface area contributed by atoms with E-state index in [0.717, 1.165) is 29.1 Å². The Labute approximate surface area is 202 Å². The van der Waals surface area contributed by atoms with Gasteiger partial charge >= 0.3 is 0 Å². The van der Waals surface area contributed by atoms with Crippen LogP contribution in [0.1, 0.15) is 29.4 Å². The molecule has 1 amide bonds. The van der Waals surface area contributed by atoms with Crippen LogP contribution in [0.4, 0.5) is 11.4 Å². The summed E-state index contributed by atoms with van der Waals surface area (Å²) < 4.78 is 7.40. The standard InChI is InChI=1S/C25H26N4O4S/c1-5-17-6-8-19(9-7-17)26-25-27-24(30)23(34-25)13-18-12-15(2)28(16(18)3)21-11-10-20(29(31)32)14-22(21)33-4/h6-14,25-26H,5H2,1-4H3,(H,27,30)/b23-13-/t25-/m0/s1. The number of anilines is 1. The van der Waals surface area contributed by atoms with E-state index in [1.54, 1.807) is 6.07 Å². The molecule has 0 spiro atoms. The van der Waals surface area contributed by atoms with Gasteiger partial charge in [0.05, 0.1) is 28.7 Å². The molecule has 1 aromatic heterocycles. The molecule has 176 valence electrons.